The summed E-state index contributed by atoms with van der Waals surface area (Å²) in [6.45, 7) is 7.83. The van der Waals surface area contributed by atoms with Gasteiger partial charge in [-0.3, -0.25) is 0 Å². The van der Waals surface area contributed by atoms with Crippen molar-refractivity contribution in [3.63, 3.8) is 0 Å². The third-order valence-corrected chi connectivity index (χ3v) is 2.41. The first kappa shape index (κ1) is 11.2. The fraction of sp³-hybridized carbons (Fsp3) is 0.583. The molecule has 0 radical (unpaired) electrons. The molecule has 1 aromatic heterocycles. The third kappa shape index (κ3) is 2.81. The van der Waals surface area contributed by atoms with Crippen molar-refractivity contribution in [3.8, 4) is 0 Å². The molecule has 0 aromatic carbocycles. The van der Waals surface area contributed by atoms with E-state index in [0.29, 0.717) is 6.73 Å². The van der Waals surface area contributed by atoms with Crippen LogP contribution in [0.2, 0.25) is 0 Å². The molecule has 0 atom stereocenters. The van der Waals surface area contributed by atoms with E-state index in [1.165, 1.54) is 11.1 Å². The van der Waals surface area contributed by atoms with Gasteiger partial charge in [-0.2, -0.15) is 4.57 Å². The lowest BCUT2D eigenvalue weighted by atomic mass is 10.1. The van der Waals surface area contributed by atoms with Gasteiger partial charge in [-0.05, 0) is 25.3 Å². The summed E-state index contributed by atoms with van der Waals surface area (Å²) in [6.07, 6.45) is 6.48. The molecule has 14 heavy (non-hydrogen) atoms. The van der Waals surface area contributed by atoms with Crippen LogP contribution in [0, 0.1) is 0 Å². The maximum absolute atomic E-state index is 5.36. The number of hydrogen-bond donors (Lipinski definition) is 0. The Morgan fingerprint density at radius 2 is 1.86 bits per heavy atom. The molecule has 0 bridgehead atoms. The Kier molecular flexibility index (Phi) is 4.60. The van der Waals surface area contributed by atoms with Crippen LogP contribution in [-0.4, -0.2) is 6.61 Å². The summed E-state index contributed by atoms with van der Waals surface area (Å²) >= 11 is 0. The summed E-state index contributed by atoms with van der Waals surface area (Å²) in [6, 6.07) is 2.19. The molecule has 0 aliphatic heterocycles. The van der Waals surface area contributed by atoms with Crippen LogP contribution in [0.5, 0.6) is 0 Å². The fourth-order valence-electron chi connectivity index (χ4n) is 1.56. The summed E-state index contributed by atoms with van der Waals surface area (Å²) in [7, 11) is 0. The van der Waals surface area contributed by atoms with E-state index in [9.17, 15) is 0 Å². The maximum Gasteiger partial charge on any atom is 0.252 e. The first-order chi connectivity index (χ1) is 6.81. The molecule has 0 N–H and O–H groups in total. The van der Waals surface area contributed by atoms with Gasteiger partial charge in [0.05, 0.1) is 6.61 Å². The Bertz CT molecular complexity index is 284. The van der Waals surface area contributed by atoms with Gasteiger partial charge >= 0.3 is 0 Å². The van der Waals surface area contributed by atoms with Crippen molar-refractivity contribution in [1.82, 2.24) is 0 Å². The topological polar surface area (TPSA) is 13.1 Å². The largest absolute Gasteiger partial charge is 0.324 e. The van der Waals surface area contributed by atoms with Crippen LogP contribution < -0.4 is 4.57 Å². The second-order valence-corrected chi connectivity index (χ2v) is 3.34. The van der Waals surface area contributed by atoms with Gasteiger partial charge in [0.2, 0.25) is 0 Å². The van der Waals surface area contributed by atoms with Gasteiger partial charge in [-0.15, -0.1) is 0 Å². The molecule has 0 fully saturated rings. The van der Waals surface area contributed by atoms with Gasteiger partial charge in [-0.1, -0.05) is 13.8 Å². The highest BCUT2D eigenvalue weighted by Gasteiger charge is 2.05. The number of aromatic nitrogens is 1. The number of rotatable bonds is 5. The van der Waals surface area contributed by atoms with Crippen molar-refractivity contribution in [1.29, 1.82) is 0 Å². The van der Waals surface area contributed by atoms with Gasteiger partial charge in [0.25, 0.3) is 6.73 Å². The molecular formula is C12H20NO+. The Hall–Kier alpha value is -0.890. The molecule has 1 heterocycles. The average Bonchev–Trinajstić information content (AvgIpc) is 2.25. The summed E-state index contributed by atoms with van der Waals surface area (Å²) in [5.74, 6) is 0. The molecule has 0 saturated heterocycles. The number of hydrogen-bond acceptors (Lipinski definition) is 1. The summed E-state index contributed by atoms with van der Waals surface area (Å²) < 4.78 is 7.45. The van der Waals surface area contributed by atoms with E-state index in [0.717, 1.165) is 19.4 Å². The quantitative estimate of drug-likeness (QED) is 0.654. The van der Waals surface area contributed by atoms with Crippen LogP contribution in [-0.2, 0) is 24.3 Å². The minimum Gasteiger partial charge on any atom is -0.324 e. The number of pyridine rings is 1. The Morgan fingerprint density at radius 3 is 2.43 bits per heavy atom. The zero-order valence-electron chi connectivity index (χ0n) is 9.42. The second-order valence-electron chi connectivity index (χ2n) is 3.34. The molecule has 0 aliphatic rings. The molecule has 0 spiro atoms. The fourth-order valence-corrected chi connectivity index (χ4v) is 1.56. The molecule has 78 valence electrons. The van der Waals surface area contributed by atoms with Crippen LogP contribution in [0.15, 0.2) is 18.5 Å². The van der Waals surface area contributed by atoms with Gasteiger partial charge in [-0.25, -0.2) is 0 Å². The van der Waals surface area contributed by atoms with Crippen LogP contribution in [0.3, 0.4) is 0 Å². The summed E-state index contributed by atoms with van der Waals surface area (Å²) in [5, 5.41) is 0. The molecule has 1 rings (SSSR count). The molecule has 0 saturated carbocycles. The molecule has 0 amide bonds. The van der Waals surface area contributed by atoms with Gasteiger partial charge in [0.15, 0.2) is 12.4 Å². The van der Waals surface area contributed by atoms with E-state index >= 15 is 0 Å². The Balaban J connectivity index is 2.79. The predicted octanol–water partition coefficient (Wildman–Crippen LogP) is 2.09. The minimum absolute atomic E-state index is 0.660. The van der Waals surface area contributed by atoms with Crippen LogP contribution in [0.25, 0.3) is 0 Å². The average molecular weight is 194 g/mol. The first-order valence-corrected chi connectivity index (χ1v) is 5.40. The van der Waals surface area contributed by atoms with Gasteiger partial charge < -0.3 is 4.74 Å². The van der Waals surface area contributed by atoms with Crippen molar-refractivity contribution in [2.24, 2.45) is 0 Å². The monoisotopic (exact) mass is 194 g/mol. The van der Waals surface area contributed by atoms with Crippen LogP contribution >= 0.6 is 0 Å². The van der Waals surface area contributed by atoms with Crippen molar-refractivity contribution in [2.45, 2.75) is 40.3 Å². The molecular weight excluding hydrogens is 174 g/mol. The summed E-state index contributed by atoms with van der Waals surface area (Å²) in [4.78, 5) is 0. The Morgan fingerprint density at radius 1 is 1.14 bits per heavy atom. The van der Waals surface area contributed by atoms with Gasteiger partial charge in [0, 0.05) is 11.6 Å². The number of aryl methyl sites for hydroxylation is 2. The summed E-state index contributed by atoms with van der Waals surface area (Å²) in [5.41, 5.74) is 2.87. The number of nitrogens with zero attached hydrogens (tertiary/aromatic N) is 1. The Labute approximate surface area is 86.5 Å². The van der Waals surface area contributed by atoms with Crippen molar-refractivity contribution >= 4 is 0 Å². The predicted molar refractivity (Wildman–Crippen MR) is 57.0 cm³/mol. The van der Waals surface area contributed by atoms with Crippen molar-refractivity contribution in [2.75, 3.05) is 6.61 Å². The normalized spacial score (nSPS) is 10.5. The van der Waals surface area contributed by atoms with E-state index < -0.39 is 0 Å². The molecule has 0 unspecified atom stereocenters. The van der Waals surface area contributed by atoms with Gasteiger partial charge in [0.1, 0.15) is 0 Å². The van der Waals surface area contributed by atoms with Crippen LogP contribution in [0.4, 0.5) is 0 Å². The van der Waals surface area contributed by atoms with Crippen molar-refractivity contribution in [3.05, 3.63) is 29.6 Å². The lowest BCUT2D eigenvalue weighted by Gasteiger charge is -2.04. The van der Waals surface area contributed by atoms with E-state index in [1.807, 2.05) is 6.92 Å². The van der Waals surface area contributed by atoms with Crippen LogP contribution in [0.1, 0.15) is 31.9 Å². The first-order valence-electron chi connectivity index (χ1n) is 5.40. The highest BCUT2D eigenvalue weighted by Crippen LogP contribution is 2.06. The highest BCUT2D eigenvalue weighted by atomic mass is 16.5. The standard InChI is InChI=1S/C12H20NO/c1-4-11-7-8-13(10-14-6-3)9-12(11)5-2/h7-9H,4-6,10H2,1-3H3/q+1. The maximum atomic E-state index is 5.36. The van der Waals surface area contributed by atoms with E-state index in [-0.39, 0.29) is 0 Å². The molecule has 2 nitrogen and oxygen atoms in total. The van der Waals surface area contributed by atoms with E-state index in [1.54, 1.807) is 0 Å². The van der Waals surface area contributed by atoms with E-state index in [2.05, 4.69) is 36.9 Å². The lowest BCUT2D eigenvalue weighted by molar-refractivity contribution is -0.732. The highest BCUT2D eigenvalue weighted by molar-refractivity contribution is 5.20. The second kappa shape index (κ2) is 5.76. The zero-order chi connectivity index (χ0) is 10.4. The van der Waals surface area contributed by atoms with Crippen molar-refractivity contribution < 1.29 is 9.30 Å². The SMILES string of the molecule is CCOC[n+]1ccc(CC)c(CC)c1. The lowest BCUT2D eigenvalue weighted by Crippen LogP contribution is -2.35. The molecule has 1 aromatic rings. The number of ether oxygens (including phenoxy) is 1. The third-order valence-electron chi connectivity index (χ3n) is 2.41. The molecule has 0 aliphatic carbocycles. The smallest absolute Gasteiger partial charge is 0.252 e. The minimum atomic E-state index is 0.660. The van der Waals surface area contributed by atoms with E-state index in [4.69, 9.17) is 4.74 Å². The zero-order valence-corrected chi connectivity index (χ0v) is 9.42. The molecule has 2 heteroatoms.